The van der Waals surface area contributed by atoms with Gasteiger partial charge in [-0.3, -0.25) is 4.79 Å². The molecule has 0 saturated heterocycles. The molecule has 0 radical (unpaired) electrons. The lowest BCUT2D eigenvalue weighted by molar-refractivity contribution is 0.0961. The van der Waals surface area contributed by atoms with Gasteiger partial charge in [0, 0.05) is 12.0 Å². The van der Waals surface area contributed by atoms with E-state index in [2.05, 4.69) is 13.8 Å². The van der Waals surface area contributed by atoms with Crippen molar-refractivity contribution >= 4 is 5.78 Å². The molecule has 0 heterocycles. The molecule has 2 nitrogen and oxygen atoms in total. The van der Waals surface area contributed by atoms with Crippen molar-refractivity contribution in [2.45, 2.75) is 47.0 Å². The molecule has 0 aliphatic carbocycles. The van der Waals surface area contributed by atoms with E-state index in [4.69, 9.17) is 5.73 Å². The summed E-state index contributed by atoms with van der Waals surface area (Å²) in [6.45, 7) is 9.06. The third kappa shape index (κ3) is 4.26. The van der Waals surface area contributed by atoms with Crippen LogP contribution in [0, 0.1) is 19.3 Å². The number of aryl methyl sites for hydroxylation is 2. The van der Waals surface area contributed by atoms with E-state index in [1.165, 1.54) is 0 Å². The SMILES string of the molecule is Cc1ccc(C)c(C(=O)CCC(C)(C)CCN)c1. The summed E-state index contributed by atoms with van der Waals surface area (Å²) in [4.78, 5) is 12.2. The maximum atomic E-state index is 12.2. The Morgan fingerprint density at radius 2 is 1.89 bits per heavy atom. The Balaban J connectivity index is 2.69. The van der Waals surface area contributed by atoms with E-state index >= 15 is 0 Å². The molecule has 2 heteroatoms. The van der Waals surface area contributed by atoms with Crippen LogP contribution in [0.1, 0.15) is 54.6 Å². The maximum Gasteiger partial charge on any atom is 0.163 e. The number of benzene rings is 1. The summed E-state index contributed by atoms with van der Waals surface area (Å²) in [7, 11) is 0. The summed E-state index contributed by atoms with van der Waals surface area (Å²) in [5.74, 6) is 0.251. The molecule has 0 bridgehead atoms. The van der Waals surface area contributed by atoms with Gasteiger partial charge in [-0.15, -0.1) is 0 Å². The van der Waals surface area contributed by atoms with Crippen LogP contribution in [-0.2, 0) is 0 Å². The summed E-state index contributed by atoms with van der Waals surface area (Å²) in [5, 5.41) is 0. The fourth-order valence-corrected chi connectivity index (χ4v) is 2.14. The quantitative estimate of drug-likeness (QED) is 0.780. The third-order valence-electron chi connectivity index (χ3n) is 3.54. The molecule has 0 spiro atoms. The van der Waals surface area contributed by atoms with Crippen molar-refractivity contribution in [3.8, 4) is 0 Å². The summed E-state index contributed by atoms with van der Waals surface area (Å²) < 4.78 is 0. The molecule has 0 atom stereocenters. The average molecular weight is 247 g/mol. The first-order chi connectivity index (χ1) is 8.35. The minimum atomic E-state index is 0.155. The number of carbonyl (C=O) groups excluding carboxylic acids is 1. The highest BCUT2D eigenvalue weighted by Crippen LogP contribution is 2.27. The molecule has 18 heavy (non-hydrogen) atoms. The number of Topliss-reactive ketones (excluding diaryl/α,β-unsaturated/α-hetero) is 1. The highest BCUT2D eigenvalue weighted by molar-refractivity contribution is 5.97. The van der Waals surface area contributed by atoms with E-state index in [9.17, 15) is 4.79 Å². The van der Waals surface area contributed by atoms with Gasteiger partial charge >= 0.3 is 0 Å². The van der Waals surface area contributed by atoms with Crippen LogP contribution in [0.5, 0.6) is 0 Å². The zero-order valence-corrected chi connectivity index (χ0v) is 12.0. The van der Waals surface area contributed by atoms with Crippen LogP contribution in [0.4, 0.5) is 0 Å². The van der Waals surface area contributed by atoms with E-state index in [0.717, 1.165) is 29.5 Å². The zero-order chi connectivity index (χ0) is 13.8. The van der Waals surface area contributed by atoms with Gasteiger partial charge < -0.3 is 5.73 Å². The molecule has 1 aromatic carbocycles. The van der Waals surface area contributed by atoms with Crippen LogP contribution < -0.4 is 5.73 Å². The van der Waals surface area contributed by atoms with Crippen molar-refractivity contribution in [1.29, 1.82) is 0 Å². The molecular weight excluding hydrogens is 222 g/mol. The monoisotopic (exact) mass is 247 g/mol. The normalized spacial score (nSPS) is 11.6. The molecule has 0 saturated carbocycles. The summed E-state index contributed by atoms with van der Waals surface area (Å²) >= 11 is 0. The Bertz CT molecular complexity index is 421. The van der Waals surface area contributed by atoms with Gasteiger partial charge in [0.15, 0.2) is 5.78 Å². The molecule has 0 unspecified atom stereocenters. The van der Waals surface area contributed by atoms with Crippen molar-refractivity contribution in [2.75, 3.05) is 6.54 Å². The number of carbonyl (C=O) groups is 1. The Hall–Kier alpha value is -1.15. The van der Waals surface area contributed by atoms with Gasteiger partial charge in [0.05, 0.1) is 0 Å². The zero-order valence-electron chi connectivity index (χ0n) is 12.0. The van der Waals surface area contributed by atoms with Crippen LogP contribution in [0.3, 0.4) is 0 Å². The van der Waals surface area contributed by atoms with E-state index in [-0.39, 0.29) is 11.2 Å². The highest BCUT2D eigenvalue weighted by atomic mass is 16.1. The molecule has 2 N–H and O–H groups in total. The first kappa shape index (κ1) is 14.9. The lowest BCUT2D eigenvalue weighted by atomic mass is 9.83. The lowest BCUT2D eigenvalue weighted by Crippen LogP contribution is -2.18. The number of hydrogen-bond donors (Lipinski definition) is 1. The lowest BCUT2D eigenvalue weighted by Gasteiger charge is -2.23. The number of ketones is 1. The molecule has 1 rings (SSSR count). The van der Waals surface area contributed by atoms with E-state index in [0.29, 0.717) is 13.0 Å². The topological polar surface area (TPSA) is 43.1 Å². The summed E-state index contributed by atoms with van der Waals surface area (Å²) in [5.41, 5.74) is 8.83. The average Bonchev–Trinajstić information content (AvgIpc) is 2.29. The second kappa shape index (κ2) is 6.14. The number of nitrogens with two attached hydrogens (primary N) is 1. The van der Waals surface area contributed by atoms with Crippen LogP contribution in [0.15, 0.2) is 18.2 Å². The second-order valence-electron chi connectivity index (χ2n) is 5.94. The molecule has 0 amide bonds. The van der Waals surface area contributed by atoms with Crippen molar-refractivity contribution in [3.05, 3.63) is 34.9 Å². The molecule has 1 aromatic rings. The summed E-state index contributed by atoms with van der Waals surface area (Å²) in [6, 6.07) is 6.06. The van der Waals surface area contributed by atoms with E-state index in [1.807, 2.05) is 32.0 Å². The van der Waals surface area contributed by atoms with Gasteiger partial charge in [-0.1, -0.05) is 31.5 Å². The van der Waals surface area contributed by atoms with Gasteiger partial charge in [0.1, 0.15) is 0 Å². The Morgan fingerprint density at radius 3 is 2.50 bits per heavy atom. The van der Waals surface area contributed by atoms with Gasteiger partial charge in [0.25, 0.3) is 0 Å². The number of hydrogen-bond acceptors (Lipinski definition) is 2. The van der Waals surface area contributed by atoms with Crippen LogP contribution in [0.2, 0.25) is 0 Å². The molecular formula is C16H25NO. The van der Waals surface area contributed by atoms with Gasteiger partial charge in [0.2, 0.25) is 0 Å². The summed E-state index contributed by atoms with van der Waals surface area (Å²) in [6.07, 6.45) is 2.47. The fraction of sp³-hybridized carbons (Fsp3) is 0.562. The minimum Gasteiger partial charge on any atom is -0.330 e. The third-order valence-corrected chi connectivity index (χ3v) is 3.54. The minimum absolute atomic E-state index is 0.155. The second-order valence-corrected chi connectivity index (χ2v) is 5.94. The molecule has 0 fully saturated rings. The highest BCUT2D eigenvalue weighted by Gasteiger charge is 2.19. The molecule has 0 aromatic heterocycles. The molecule has 100 valence electrons. The van der Waals surface area contributed by atoms with Crippen LogP contribution >= 0.6 is 0 Å². The van der Waals surface area contributed by atoms with E-state index in [1.54, 1.807) is 0 Å². The van der Waals surface area contributed by atoms with Crippen molar-refractivity contribution in [3.63, 3.8) is 0 Å². The van der Waals surface area contributed by atoms with Gasteiger partial charge in [-0.2, -0.15) is 0 Å². The van der Waals surface area contributed by atoms with Gasteiger partial charge in [-0.05, 0) is 50.3 Å². The van der Waals surface area contributed by atoms with Crippen molar-refractivity contribution in [1.82, 2.24) is 0 Å². The van der Waals surface area contributed by atoms with Crippen molar-refractivity contribution in [2.24, 2.45) is 11.1 Å². The smallest absolute Gasteiger partial charge is 0.163 e. The Labute approximate surface area is 111 Å². The van der Waals surface area contributed by atoms with Crippen molar-refractivity contribution < 1.29 is 4.79 Å². The van der Waals surface area contributed by atoms with E-state index < -0.39 is 0 Å². The molecule has 0 aliphatic heterocycles. The predicted octanol–water partition coefficient (Wildman–Crippen LogP) is 3.64. The van der Waals surface area contributed by atoms with Crippen LogP contribution in [-0.4, -0.2) is 12.3 Å². The first-order valence-corrected chi connectivity index (χ1v) is 6.66. The fourth-order valence-electron chi connectivity index (χ4n) is 2.14. The maximum absolute atomic E-state index is 12.2. The molecule has 0 aliphatic rings. The standard InChI is InChI=1S/C16H25NO/c1-12-5-6-13(2)14(11-12)15(18)7-8-16(3,4)9-10-17/h5-6,11H,7-10,17H2,1-4H3. The van der Waals surface area contributed by atoms with Gasteiger partial charge in [-0.25, -0.2) is 0 Å². The predicted molar refractivity (Wildman–Crippen MR) is 76.9 cm³/mol. The Morgan fingerprint density at radius 1 is 1.22 bits per heavy atom. The Kier molecular flexibility index (Phi) is 5.09. The number of rotatable bonds is 6. The first-order valence-electron chi connectivity index (χ1n) is 6.66. The van der Waals surface area contributed by atoms with Crippen LogP contribution in [0.25, 0.3) is 0 Å². The largest absolute Gasteiger partial charge is 0.330 e.